The third-order valence-corrected chi connectivity index (χ3v) is 2.96. The van der Waals surface area contributed by atoms with Crippen LogP contribution in [0.3, 0.4) is 0 Å². The van der Waals surface area contributed by atoms with E-state index < -0.39 is 0 Å². The Kier molecular flexibility index (Phi) is 5.41. The van der Waals surface area contributed by atoms with Gasteiger partial charge in [-0.1, -0.05) is 6.92 Å². The summed E-state index contributed by atoms with van der Waals surface area (Å²) in [5.41, 5.74) is 5.62. The highest BCUT2D eigenvalue weighted by atomic mass is 16.2. The molecule has 17 heavy (non-hydrogen) atoms. The fourth-order valence-electron chi connectivity index (χ4n) is 2.06. The lowest BCUT2D eigenvalue weighted by molar-refractivity contribution is -0.133. The molecule has 1 fully saturated rings. The van der Waals surface area contributed by atoms with Gasteiger partial charge in [-0.25, -0.2) is 0 Å². The predicted octanol–water partition coefficient (Wildman–Crippen LogP) is 0.241. The summed E-state index contributed by atoms with van der Waals surface area (Å²) in [5.74, 6) is 0.145. The Morgan fingerprint density at radius 2 is 2.24 bits per heavy atom. The van der Waals surface area contributed by atoms with Crippen LogP contribution in [0.4, 0.5) is 0 Å². The molecule has 0 aromatic rings. The standard InChI is InChI=1S/C12H23N3O2/c1-3-11(16)14-10-5-4-6-15(8-10)12(17)7-9(2)13/h9-10H,3-8,13H2,1-2H3,(H,14,16). The highest BCUT2D eigenvalue weighted by Crippen LogP contribution is 2.11. The smallest absolute Gasteiger partial charge is 0.224 e. The fraction of sp³-hybridized carbons (Fsp3) is 0.833. The number of rotatable bonds is 4. The van der Waals surface area contributed by atoms with Gasteiger partial charge in [0.2, 0.25) is 11.8 Å². The van der Waals surface area contributed by atoms with Crippen LogP contribution in [0.2, 0.25) is 0 Å². The number of nitrogens with two attached hydrogens (primary N) is 1. The van der Waals surface area contributed by atoms with E-state index in [1.54, 1.807) is 0 Å². The molecule has 2 amide bonds. The van der Waals surface area contributed by atoms with Gasteiger partial charge in [0, 0.05) is 38.0 Å². The van der Waals surface area contributed by atoms with Crippen LogP contribution in [0.5, 0.6) is 0 Å². The molecule has 0 aromatic heterocycles. The minimum absolute atomic E-state index is 0.0523. The molecule has 0 saturated carbocycles. The van der Waals surface area contributed by atoms with E-state index in [9.17, 15) is 9.59 Å². The number of carbonyl (C=O) groups excluding carboxylic acids is 2. The molecule has 2 unspecified atom stereocenters. The minimum atomic E-state index is -0.104. The van der Waals surface area contributed by atoms with Crippen molar-refractivity contribution in [2.75, 3.05) is 13.1 Å². The highest BCUT2D eigenvalue weighted by Gasteiger charge is 2.24. The normalized spacial score (nSPS) is 22.1. The lowest BCUT2D eigenvalue weighted by Gasteiger charge is -2.33. The molecule has 0 aliphatic carbocycles. The van der Waals surface area contributed by atoms with Crippen molar-refractivity contribution in [3.8, 4) is 0 Å². The maximum Gasteiger partial charge on any atom is 0.224 e. The number of nitrogens with zero attached hydrogens (tertiary/aromatic N) is 1. The van der Waals surface area contributed by atoms with Crippen molar-refractivity contribution in [3.05, 3.63) is 0 Å². The minimum Gasteiger partial charge on any atom is -0.352 e. The average Bonchev–Trinajstić information content (AvgIpc) is 2.28. The first kappa shape index (κ1) is 14.0. The van der Waals surface area contributed by atoms with Crippen LogP contribution in [-0.4, -0.2) is 41.9 Å². The van der Waals surface area contributed by atoms with Crippen LogP contribution in [0.1, 0.15) is 39.5 Å². The molecular formula is C12H23N3O2. The molecule has 3 N–H and O–H groups in total. The van der Waals surface area contributed by atoms with E-state index in [1.165, 1.54) is 0 Å². The Labute approximate surface area is 103 Å². The molecule has 0 bridgehead atoms. The molecule has 98 valence electrons. The number of nitrogens with one attached hydrogen (secondary N) is 1. The summed E-state index contributed by atoms with van der Waals surface area (Å²) in [6.45, 7) is 5.07. The van der Waals surface area contributed by atoms with E-state index in [-0.39, 0.29) is 23.9 Å². The quantitative estimate of drug-likeness (QED) is 0.740. The Balaban J connectivity index is 2.43. The zero-order chi connectivity index (χ0) is 12.8. The zero-order valence-electron chi connectivity index (χ0n) is 10.7. The summed E-state index contributed by atoms with van der Waals surface area (Å²) < 4.78 is 0. The van der Waals surface area contributed by atoms with Crippen LogP contribution in [0, 0.1) is 0 Å². The maximum atomic E-state index is 11.8. The van der Waals surface area contributed by atoms with E-state index in [4.69, 9.17) is 5.73 Å². The van der Waals surface area contributed by atoms with Gasteiger partial charge in [-0.05, 0) is 19.8 Å². The van der Waals surface area contributed by atoms with Gasteiger partial charge >= 0.3 is 0 Å². The summed E-state index contributed by atoms with van der Waals surface area (Å²) in [4.78, 5) is 25.0. The molecule has 1 rings (SSSR count). The first-order valence-electron chi connectivity index (χ1n) is 6.35. The molecular weight excluding hydrogens is 218 g/mol. The monoisotopic (exact) mass is 241 g/mol. The molecule has 0 aromatic carbocycles. The van der Waals surface area contributed by atoms with Crippen LogP contribution in [0.15, 0.2) is 0 Å². The van der Waals surface area contributed by atoms with Gasteiger partial charge in [-0.3, -0.25) is 9.59 Å². The van der Waals surface area contributed by atoms with E-state index in [2.05, 4.69) is 5.32 Å². The van der Waals surface area contributed by atoms with Crippen LogP contribution < -0.4 is 11.1 Å². The van der Waals surface area contributed by atoms with Crippen LogP contribution in [-0.2, 0) is 9.59 Å². The number of piperidine rings is 1. The maximum absolute atomic E-state index is 11.8. The largest absolute Gasteiger partial charge is 0.352 e. The molecule has 0 radical (unpaired) electrons. The second-order valence-corrected chi connectivity index (χ2v) is 4.78. The molecule has 5 heteroatoms. The van der Waals surface area contributed by atoms with Crippen LogP contribution >= 0.6 is 0 Å². The molecule has 0 spiro atoms. The Morgan fingerprint density at radius 1 is 1.53 bits per heavy atom. The molecule has 5 nitrogen and oxygen atoms in total. The molecule has 1 heterocycles. The third kappa shape index (κ3) is 4.73. The highest BCUT2D eigenvalue weighted by molar-refractivity contribution is 5.78. The summed E-state index contributed by atoms with van der Waals surface area (Å²) in [6, 6.07) is 0.00124. The molecule has 1 saturated heterocycles. The van der Waals surface area contributed by atoms with Crippen molar-refractivity contribution in [2.24, 2.45) is 5.73 Å². The van der Waals surface area contributed by atoms with Crippen molar-refractivity contribution in [3.63, 3.8) is 0 Å². The second kappa shape index (κ2) is 6.59. The second-order valence-electron chi connectivity index (χ2n) is 4.78. The first-order chi connectivity index (χ1) is 8.02. The number of hydrogen-bond donors (Lipinski definition) is 2. The topological polar surface area (TPSA) is 75.4 Å². The Morgan fingerprint density at radius 3 is 2.82 bits per heavy atom. The van der Waals surface area contributed by atoms with Gasteiger partial charge in [0.15, 0.2) is 0 Å². The van der Waals surface area contributed by atoms with E-state index in [1.807, 2.05) is 18.7 Å². The van der Waals surface area contributed by atoms with Crippen LogP contribution in [0.25, 0.3) is 0 Å². The fourth-order valence-corrected chi connectivity index (χ4v) is 2.06. The van der Waals surface area contributed by atoms with Crippen molar-refractivity contribution < 1.29 is 9.59 Å². The van der Waals surface area contributed by atoms with Crippen molar-refractivity contribution in [2.45, 2.75) is 51.6 Å². The van der Waals surface area contributed by atoms with Gasteiger partial charge in [-0.2, -0.15) is 0 Å². The lowest BCUT2D eigenvalue weighted by atomic mass is 10.0. The first-order valence-corrected chi connectivity index (χ1v) is 6.35. The predicted molar refractivity (Wildman–Crippen MR) is 66.3 cm³/mol. The summed E-state index contributed by atoms with van der Waals surface area (Å²) in [7, 11) is 0. The van der Waals surface area contributed by atoms with Gasteiger partial charge in [0.05, 0.1) is 0 Å². The number of hydrogen-bond acceptors (Lipinski definition) is 3. The molecule has 1 aliphatic rings. The van der Waals surface area contributed by atoms with E-state index >= 15 is 0 Å². The van der Waals surface area contributed by atoms with Gasteiger partial charge < -0.3 is 16.0 Å². The average molecular weight is 241 g/mol. The summed E-state index contributed by atoms with van der Waals surface area (Å²) in [6.07, 6.45) is 2.77. The van der Waals surface area contributed by atoms with E-state index in [0.717, 1.165) is 19.4 Å². The zero-order valence-corrected chi connectivity index (χ0v) is 10.7. The Bertz CT molecular complexity index is 279. The van der Waals surface area contributed by atoms with Gasteiger partial charge in [-0.15, -0.1) is 0 Å². The van der Waals surface area contributed by atoms with Crippen molar-refractivity contribution in [1.29, 1.82) is 0 Å². The van der Waals surface area contributed by atoms with Gasteiger partial charge in [0.1, 0.15) is 0 Å². The van der Waals surface area contributed by atoms with E-state index in [0.29, 0.717) is 19.4 Å². The summed E-state index contributed by atoms with van der Waals surface area (Å²) >= 11 is 0. The number of carbonyl (C=O) groups is 2. The SMILES string of the molecule is CCC(=O)NC1CCCN(C(=O)CC(C)N)C1. The van der Waals surface area contributed by atoms with Crippen molar-refractivity contribution >= 4 is 11.8 Å². The number of amides is 2. The van der Waals surface area contributed by atoms with Crippen molar-refractivity contribution in [1.82, 2.24) is 10.2 Å². The Hall–Kier alpha value is -1.10. The molecule has 1 aliphatic heterocycles. The van der Waals surface area contributed by atoms with Gasteiger partial charge in [0.25, 0.3) is 0 Å². The number of likely N-dealkylation sites (tertiary alicyclic amines) is 1. The third-order valence-electron chi connectivity index (χ3n) is 2.96. The lowest BCUT2D eigenvalue weighted by Crippen LogP contribution is -2.50. The summed E-state index contributed by atoms with van der Waals surface area (Å²) in [5, 5.41) is 2.94. The molecule has 2 atom stereocenters.